The largest absolute Gasteiger partial charge is 0.481 e. The van der Waals surface area contributed by atoms with E-state index in [0.717, 1.165) is 0 Å². The summed E-state index contributed by atoms with van der Waals surface area (Å²) in [5.41, 5.74) is 35.3. The molecule has 0 radical (unpaired) electrons. The van der Waals surface area contributed by atoms with Crippen molar-refractivity contribution in [3.63, 3.8) is 0 Å². The number of aliphatic imine (C=N–C) groups is 1. The highest BCUT2D eigenvalue weighted by Gasteiger charge is 2.32. The van der Waals surface area contributed by atoms with Crippen molar-refractivity contribution in [2.75, 3.05) is 13.1 Å². The van der Waals surface area contributed by atoms with Crippen molar-refractivity contribution in [3.05, 3.63) is 41.7 Å². The van der Waals surface area contributed by atoms with Crippen LogP contribution >= 0.6 is 0 Å². The molecule has 0 fully saturated rings. The molecule has 7 amide bonds. The van der Waals surface area contributed by atoms with Crippen LogP contribution in [-0.4, -0.2) is 129 Å². The molecule has 20 N–H and O–H groups in total. The van der Waals surface area contributed by atoms with Gasteiger partial charge in [0.2, 0.25) is 41.4 Å². The average Bonchev–Trinajstić information content (AvgIpc) is 3.69. The number of rotatable bonds is 13. The third kappa shape index (κ3) is 19.2. The summed E-state index contributed by atoms with van der Waals surface area (Å²) in [7, 11) is 0. The summed E-state index contributed by atoms with van der Waals surface area (Å²) in [5, 5.41) is 33.0. The number of carbonyl (C=O) groups is 8. The first-order valence-corrected chi connectivity index (χ1v) is 21.4. The maximum Gasteiger partial charge on any atom is 0.343 e. The Balaban J connectivity index is 1.99. The molecule has 1 aliphatic heterocycles. The Hall–Kier alpha value is -7.38. The number of nitrogens with one attached hydrogen (secondary N) is 7. The zero-order valence-corrected chi connectivity index (χ0v) is 37.1. The first-order valence-electron chi connectivity index (χ1n) is 21.4. The highest BCUT2D eigenvalue weighted by atomic mass is 16.4. The lowest BCUT2D eigenvalue weighted by Gasteiger charge is -2.26. The van der Waals surface area contributed by atoms with E-state index in [0.29, 0.717) is 36.3 Å². The third-order valence-electron chi connectivity index (χ3n) is 10.1. The minimum atomic E-state index is -1.54. The molecule has 6 unspecified atom stereocenters. The predicted molar refractivity (Wildman–Crippen MR) is 238 cm³/mol. The van der Waals surface area contributed by atoms with Gasteiger partial charge in [0.15, 0.2) is 5.96 Å². The van der Waals surface area contributed by atoms with Gasteiger partial charge in [-0.3, -0.25) is 59.5 Å². The number of aryl methyl sites for hydroxylation is 1. The molecule has 1 aromatic heterocycles. The molecule has 26 heteroatoms. The Morgan fingerprint density at radius 2 is 1.47 bits per heavy atom. The van der Waals surface area contributed by atoms with Gasteiger partial charge < -0.3 is 59.9 Å². The number of carboxylic acids is 1. The smallest absolute Gasteiger partial charge is 0.343 e. The molecule has 0 saturated heterocycles. The van der Waals surface area contributed by atoms with E-state index in [1.54, 1.807) is 30.5 Å². The molecular formula is C40H64N17O9+. The molecule has 2 bridgehead atoms. The Morgan fingerprint density at radius 3 is 2.11 bits per heavy atom. The number of nitrogens with two attached hydrogens (primary N) is 6. The normalized spacial score (nSPS) is 22.2. The highest BCUT2D eigenvalue weighted by molar-refractivity contribution is 5.96. The molecule has 26 nitrogen and oxygen atoms in total. The van der Waals surface area contributed by atoms with E-state index in [2.05, 4.69) is 52.2 Å². The standard InChI is InChI=1S/C40H63N17O9/c1-21(2)16-29-37(65)52-27(7-5-14-47-39(43)44)35(63)48-19-31(58)50-28(12-13-32(59)60)36(64)54-30(17-22-8-10-23(11-9-22)49-40(45)46)38(66)51-26(33(42)61)6-3-4-15-57-20-24(55-56-57)18-25(41)34(62)53-29/h8-11,20-21,25-30H,3-7,12-19,41H2,1-2H3,(H2,42,61)(H,48,63)(H,50,58)(H,51,66)(H,52,65)(H,53,62)(H,54,64)(H,59,60)(H4,43,44,47)(H4,45,46,49)/p+1. The third-order valence-corrected chi connectivity index (χ3v) is 10.1. The zero-order chi connectivity index (χ0) is 48.9. The molecular weight excluding hydrogens is 863 g/mol. The second kappa shape index (κ2) is 26.4. The molecule has 0 saturated carbocycles. The summed E-state index contributed by atoms with van der Waals surface area (Å²) in [4.78, 5) is 113. The van der Waals surface area contributed by atoms with Crippen LogP contribution in [0.3, 0.4) is 0 Å². The zero-order valence-electron chi connectivity index (χ0n) is 37.1. The van der Waals surface area contributed by atoms with Crippen molar-refractivity contribution >= 4 is 64.9 Å². The van der Waals surface area contributed by atoms with Gasteiger partial charge in [0.25, 0.3) is 0 Å². The number of carboxylic acid groups (broad SMARTS) is 1. The van der Waals surface area contributed by atoms with Crippen LogP contribution in [0.1, 0.15) is 76.5 Å². The van der Waals surface area contributed by atoms with Gasteiger partial charge in [-0.15, -0.1) is 5.10 Å². The minimum absolute atomic E-state index is 0.0179. The van der Waals surface area contributed by atoms with Crippen molar-refractivity contribution in [2.24, 2.45) is 45.3 Å². The maximum absolute atomic E-state index is 13.9. The number of hydrogen-bond donors (Lipinski definition) is 14. The molecule has 1 aromatic carbocycles. The molecule has 1 aliphatic rings. The van der Waals surface area contributed by atoms with E-state index in [1.807, 2.05) is 13.8 Å². The predicted octanol–water partition coefficient (Wildman–Crippen LogP) is -6.45. The fourth-order valence-corrected chi connectivity index (χ4v) is 6.75. The van der Waals surface area contributed by atoms with Crippen LogP contribution in [0.2, 0.25) is 0 Å². The van der Waals surface area contributed by atoms with Crippen LogP contribution in [0.15, 0.2) is 35.5 Å². The van der Waals surface area contributed by atoms with E-state index < -0.39 is 103 Å². The lowest BCUT2D eigenvalue weighted by atomic mass is 10.0. The Kier molecular flexibility index (Phi) is 21.2. The summed E-state index contributed by atoms with van der Waals surface area (Å²) in [6.07, 6.45) is 1.66. The number of nitrogens with zero attached hydrogens (tertiary/aromatic N) is 4. The first kappa shape index (κ1) is 53.0. The summed E-state index contributed by atoms with van der Waals surface area (Å²) in [6, 6.07) is -1.19. The maximum atomic E-state index is 13.9. The van der Waals surface area contributed by atoms with Gasteiger partial charge in [-0.2, -0.15) is 0 Å². The summed E-state index contributed by atoms with van der Waals surface area (Å²) < 4.78 is 1.52. The first-order chi connectivity index (χ1) is 31.2. The van der Waals surface area contributed by atoms with E-state index in [4.69, 9.17) is 34.4 Å². The van der Waals surface area contributed by atoms with Crippen LogP contribution in [0.25, 0.3) is 0 Å². The van der Waals surface area contributed by atoms with Gasteiger partial charge in [-0.25, -0.2) is 4.99 Å². The number of primary amides is 1. The van der Waals surface area contributed by atoms with Crippen LogP contribution in [0.5, 0.6) is 0 Å². The minimum Gasteiger partial charge on any atom is -0.481 e. The lowest BCUT2D eigenvalue weighted by Crippen LogP contribution is -2.72. The number of fused-ring (bicyclic) bond motifs is 2. The monoisotopic (exact) mass is 927 g/mol. The van der Waals surface area contributed by atoms with E-state index in [1.165, 1.54) is 4.68 Å². The van der Waals surface area contributed by atoms with Crippen molar-refractivity contribution in [1.82, 2.24) is 46.9 Å². The van der Waals surface area contributed by atoms with Crippen molar-refractivity contribution in [2.45, 2.75) is 121 Å². The topological polar surface area (TPSA) is 442 Å². The SMILES string of the molecule is CC(C)CC1NC(=O)C(N)Cc2cn(nn2)CCCCC(C(N)=O)NC(=O)C(Cc2ccc([NH+]=C(N)N)cc2)NC(=O)C(CCC(=O)O)NC(=O)CNC(=O)C(CCCN=C(N)N)NC1=O. The summed E-state index contributed by atoms with van der Waals surface area (Å²) in [5.74, 6) is -7.41. The fourth-order valence-electron chi connectivity index (χ4n) is 6.75. The fraction of sp³-hybridized carbons (Fsp3) is 0.550. The van der Waals surface area contributed by atoms with E-state index in [-0.39, 0.29) is 62.9 Å². The van der Waals surface area contributed by atoms with Crippen molar-refractivity contribution in [1.29, 1.82) is 0 Å². The van der Waals surface area contributed by atoms with Gasteiger partial charge in [0, 0.05) is 38.5 Å². The number of guanidine groups is 2. The summed E-state index contributed by atoms with van der Waals surface area (Å²) >= 11 is 0. The van der Waals surface area contributed by atoms with Crippen molar-refractivity contribution < 1.29 is 48.5 Å². The molecule has 6 atom stereocenters. The van der Waals surface area contributed by atoms with Gasteiger partial charge in [0.05, 0.1) is 24.0 Å². The van der Waals surface area contributed by atoms with Gasteiger partial charge in [-0.1, -0.05) is 31.2 Å². The highest BCUT2D eigenvalue weighted by Crippen LogP contribution is 2.12. The van der Waals surface area contributed by atoms with Crippen LogP contribution in [-0.2, 0) is 57.7 Å². The molecule has 66 heavy (non-hydrogen) atoms. The molecule has 0 spiro atoms. The van der Waals surface area contributed by atoms with Crippen LogP contribution in [0.4, 0.5) is 5.69 Å². The summed E-state index contributed by atoms with van der Waals surface area (Å²) in [6.45, 7) is 3.33. The second-order valence-electron chi connectivity index (χ2n) is 16.3. The quantitative estimate of drug-likeness (QED) is 0.0505. The Labute approximate surface area is 380 Å². The Morgan fingerprint density at radius 1 is 0.833 bits per heavy atom. The number of hydrogen-bond acceptors (Lipinski definition) is 12. The average molecular weight is 927 g/mol. The lowest BCUT2D eigenvalue weighted by molar-refractivity contribution is -0.356. The number of aromatic nitrogens is 3. The second-order valence-corrected chi connectivity index (χ2v) is 16.3. The molecule has 3 rings (SSSR count). The molecule has 2 aromatic rings. The van der Waals surface area contributed by atoms with Gasteiger partial charge in [-0.05, 0) is 68.6 Å². The number of amides is 7. The molecule has 362 valence electrons. The number of benzene rings is 1. The van der Waals surface area contributed by atoms with Crippen LogP contribution < -0.4 is 71.3 Å². The molecule has 2 heterocycles. The Bertz CT molecular complexity index is 2070. The van der Waals surface area contributed by atoms with Crippen LogP contribution in [0, 0.1) is 5.92 Å². The van der Waals surface area contributed by atoms with E-state index in [9.17, 15) is 43.5 Å². The number of carbonyl (C=O) groups excluding carboxylic acids is 7. The van der Waals surface area contributed by atoms with Gasteiger partial charge in [0.1, 0.15) is 30.2 Å². The van der Waals surface area contributed by atoms with E-state index >= 15 is 0 Å². The van der Waals surface area contributed by atoms with Crippen molar-refractivity contribution in [3.8, 4) is 0 Å². The number of aliphatic carboxylic acids is 1. The van der Waals surface area contributed by atoms with Gasteiger partial charge >= 0.3 is 11.9 Å². The molecule has 0 aliphatic carbocycles.